The molecule has 0 spiro atoms. The number of rotatable bonds is 12. The molecule has 0 aliphatic carbocycles. The molecule has 0 aliphatic rings. The van der Waals surface area contributed by atoms with E-state index in [0.717, 1.165) is 45.9 Å². The number of benzene rings is 7. The van der Waals surface area contributed by atoms with Crippen molar-refractivity contribution in [1.29, 1.82) is 0 Å². The van der Waals surface area contributed by atoms with Crippen LogP contribution in [0.5, 0.6) is 0 Å². The zero-order chi connectivity index (χ0) is 38.8. The third-order valence-electron chi connectivity index (χ3n) is 10.2. The standard InChI is InChI=1S/C55H46N2/c1-3-5-7-9-13-24-42-38-46(43-25-15-10-16-26-43)41-50(39-42)56(47-29-17-11-18-30-47)49-33-23-28-45(40-49)54-44(27-14-8-6-4-2)36-37-53-55(54)51-34-21-22-35-52(51)57(53)48-31-19-12-20-32-48/h3,5-41H,4H2,1-2H3/b5-3-,8-6-,9-7-,24-13+,27-14-. The van der Waals surface area contributed by atoms with Crippen LogP contribution in [-0.4, -0.2) is 4.57 Å². The molecule has 276 valence electrons. The number of anilines is 3. The van der Waals surface area contributed by atoms with Crippen molar-refractivity contribution in [3.8, 4) is 27.9 Å². The lowest BCUT2D eigenvalue weighted by Gasteiger charge is -2.27. The predicted molar refractivity (Wildman–Crippen MR) is 248 cm³/mol. The largest absolute Gasteiger partial charge is 0.310 e. The van der Waals surface area contributed by atoms with Crippen molar-refractivity contribution in [1.82, 2.24) is 4.57 Å². The van der Waals surface area contributed by atoms with Crippen LogP contribution in [0, 0.1) is 0 Å². The van der Waals surface area contributed by atoms with Gasteiger partial charge in [0.2, 0.25) is 0 Å². The first-order valence-corrected chi connectivity index (χ1v) is 19.8. The molecule has 0 aliphatic heterocycles. The van der Waals surface area contributed by atoms with E-state index >= 15 is 0 Å². The maximum atomic E-state index is 2.40. The van der Waals surface area contributed by atoms with Gasteiger partial charge in [-0.05, 0) is 113 Å². The third kappa shape index (κ3) is 7.99. The van der Waals surface area contributed by atoms with Crippen molar-refractivity contribution in [3.05, 3.63) is 230 Å². The van der Waals surface area contributed by atoms with Crippen LogP contribution in [0.15, 0.2) is 218 Å². The molecule has 0 amide bonds. The number of allylic oxidation sites excluding steroid dienone is 8. The summed E-state index contributed by atoms with van der Waals surface area (Å²) in [5, 5.41) is 2.47. The molecule has 0 radical (unpaired) electrons. The Hall–Kier alpha value is -7.16. The van der Waals surface area contributed by atoms with Crippen LogP contribution >= 0.6 is 0 Å². The molecule has 57 heavy (non-hydrogen) atoms. The lowest BCUT2D eigenvalue weighted by Crippen LogP contribution is -2.10. The minimum absolute atomic E-state index is 0.994. The van der Waals surface area contributed by atoms with Gasteiger partial charge in [0.25, 0.3) is 0 Å². The van der Waals surface area contributed by atoms with Crippen LogP contribution in [-0.2, 0) is 0 Å². The van der Waals surface area contributed by atoms with Gasteiger partial charge in [0.1, 0.15) is 0 Å². The Kier molecular flexibility index (Phi) is 11.3. The molecule has 2 nitrogen and oxygen atoms in total. The van der Waals surface area contributed by atoms with E-state index < -0.39 is 0 Å². The monoisotopic (exact) mass is 734 g/mol. The van der Waals surface area contributed by atoms with Crippen molar-refractivity contribution >= 4 is 51.0 Å². The van der Waals surface area contributed by atoms with Crippen LogP contribution in [0.3, 0.4) is 0 Å². The lowest BCUT2D eigenvalue weighted by molar-refractivity contribution is 1.18. The third-order valence-corrected chi connectivity index (χ3v) is 10.2. The van der Waals surface area contributed by atoms with Crippen molar-refractivity contribution in [2.24, 2.45) is 0 Å². The number of fused-ring (bicyclic) bond motifs is 3. The topological polar surface area (TPSA) is 8.17 Å². The average Bonchev–Trinajstić information content (AvgIpc) is 3.60. The van der Waals surface area contributed by atoms with Gasteiger partial charge >= 0.3 is 0 Å². The molecule has 0 atom stereocenters. The van der Waals surface area contributed by atoms with Gasteiger partial charge in [0, 0.05) is 33.5 Å². The first-order chi connectivity index (χ1) is 28.2. The Labute approximate surface area is 337 Å². The molecule has 0 N–H and O–H groups in total. The minimum Gasteiger partial charge on any atom is -0.310 e. The highest BCUT2D eigenvalue weighted by Gasteiger charge is 2.20. The normalized spacial score (nSPS) is 12.1. The maximum Gasteiger partial charge on any atom is 0.0547 e. The van der Waals surface area contributed by atoms with Crippen molar-refractivity contribution in [2.45, 2.75) is 20.3 Å². The fourth-order valence-corrected chi connectivity index (χ4v) is 7.64. The van der Waals surface area contributed by atoms with Crippen LogP contribution < -0.4 is 4.90 Å². The summed E-state index contributed by atoms with van der Waals surface area (Å²) in [6, 6.07) is 61.3. The van der Waals surface area contributed by atoms with E-state index in [1.54, 1.807) is 0 Å². The minimum atomic E-state index is 0.994. The van der Waals surface area contributed by atoms with E-state index in [1.807, 2.05) is 19.1 Å². The van der Waals surface area contributed by atoms with Crippen molar-refractivity contribution in [3.63, 3.8) is 0 Å². The number of hydrogen-bond acceptors (Lipinski definition) is 1. The first-order valence-electron chi connectivity index (χ1n) is 19.8. The van der Waals surface area contributed by atoms with E-state index in [-0.39, 0.29) is 0 Å². The highest BCUT2D eigenvalue weighted by atomic mass is 15.1. The Morgan fingerprint density at radius 3 is 1.95 bits per heavy atom. The summed E-state index contributed by atoms with van der Waals surface area (Å²) in [6.45, 7) is 4.20. The molecule has 0 unspecified atom stereocenters. The molecule has 1 aromatic heterocycles. The summed E-state index contributed by atoms with van der Waals surface area (Å²) in [7, 11) is 0. The zero-order valence-electron chi connectivity index (χ0n) is 32.5. The highest BCUT2D eigenvalue weighted by Crippen LogP contribution is 2.44. The second kappa shape index (κ2) is 17.5. The molecular formula is C55H46N2. The molecule has 0 saturated carbocycles. The summed E-state index contributed by atoms with van der Waals surface area (Å²) in [6.07, 6.45) is 22.3. The lowest BCUT2D eigenvalue weighted by atomic mass is 9.93. The number of aromatic nitrogens is 1. The first kappa shape index (κ1) is 36.8. The molecule has 8 rings (SSSR count). The van der Waals surface area contributed by atoms with Gasteiger partial charge in [-0.3, -0.25) is 0 Å². The Morgan fingerprint density at radius 2 is 1.16 bits per heavy atom. The number of para-hydroxylation sites is 3. The average molecular weight is 735 g/mol. The molecule has 0 saturated heterocycles. The maximum absolute atomic E-state index is 2.40. The number of hydrogen-bond donors (Lipinski definition) is 0. The molecule has 7 aromatic carbocycles. The Bertz CT molecular complexity index is 2760. The Morgan fingerprint density at radius 1 is 0.491 bits per heavy atom. The van der Waals surface area contributed by atoms with Gasteiger partial charge in [-0.25, -0.2) is 0 Å². The second-order valence-corrected chi connectivity index (χ2v) is 14.0. The predicted octanol–water partition coefficient (Wildman–Crippen LogP) is 15.7. The smallest absolute Gasteiger partial charge is 0.0547 e. The van der Waals surface area contributed by atoms with Gasteiger partial charge in [0.05, 0.1) is 11.0 Å². The SMILES string of the molecule is C\C=C/C=C\C=C\c1cc(-c2ccccc2)cc(N(c2ccccc2)c2cccc(-c3c(/C=C\C=C/CC)ccc4c3c3ccccc3n4-c3ccccc3)c2)c1. The van der Waals surface area contributed by atoms with E-state index in [9.17, 15) is 0 Å². The summed E-state index contributed by atoms with van der Waals surface area (Å²) in [5.74, 6) is 0. The molecule has 0 fully saturated rings. The van der Waals surface area contributed by atoms with Gasteiger partial charge < -0.3 is 9.47 Å². The highest BCUT2D eigenvalue weighted by molar-refractivity contribution is 6.17. The quantitative estimate of drug-likeness (QED) is 0.113. The fraction of sp³-hybridized carbons (Fsp3) is 0.0545. The summed E-state index contributed by atoms with van der Waals surface area (Å²) < 4.78 is 2.40. The van der Waals surface area contributed by atoms with Crippen LogP contribution in [0.2, 0.25) is 0 Å². The second-order valence-electron chi connectivity index (χ2n) is 14.0. The fourth-order valence-electron chi connectivity index (χ4n) is 7.64. The summed E-state index contributed by atoms with van der Waals surface area (Å²) >= 11 is 0. The van der Waals surface area contributed by atoms with Crippen molar-refractivity contribution < 1.29 is 0 Å². The number of nitrogens with zero attached hydrogens (tertiary/aromatic N) is 2. The van der Waals surface area contributed by atoms with E-state index in [1.165, 1.54) is 38.5 Å². The van der Waals surface area contributed by atoms with Crippen LogP contribution in [0.1, 0.15) is 31.4 Å². The van der Waals surface area contributed by atoms with Gasteiger partial charge in [0.15, 0.2) is 0 Å². The van der Waals surface area contributed by atoms with E-state index in [2.05, 4.69) is 235 Å². The molecule has 8 aromatic rings. The van der Waals surface area contributed by atoms with E-state index in [0.29, 0.717) is 0 Å². The Balaban J connectivity index is 1.36. The summed E-state index contributed by atoms with van der Waals surface area (Å²) in [4.78, 5) is 2.38. The van der Waals surface area contributed by atoms with Crippen LogP contribution in [0.4, 0.5) is 17.1 Å². The zero-order valence-corrected chi connectivity index (χ0v) is 32.5. The molecular weight excluding hydrogens is 689 g/mol. The van der Waals surface area contributed by atoms with Gasteiger partial charge in [-0.1, -0.05) is 171 Å². The van der Waals surface area contributed by atoms with Crippen LogP contribution in [0.25, 0.3) is 61.9 Å². The molecule has 1 heterocycles. The molecule has 0 bridgehead atoms. The van der Waals surface area contributed by atoms with Gasteiger partial charge in [-0.2, -0.15) is 0 Å². The van der Waals surface area contributed by atoms with Gasteiger partial charge in [-0.15, -0.1) is 0 Å². The molecule has 2 heteroatoms. The summed E-state index contributed by atoms with van der Waals surface area (Å²) in [5.41, 5.74) is 13.8. The van der Waals surface area contributed by atoms with E-state index in [4.69, 9.17) is 0 Å². The van der Waals surface area contributed by atoms with Crippen molar-refractivity contribution in [2.75, 3.05) is 4.90 Å².